The fourth-order valence-corrected chi connectivity index (χ4v) is 3.05. The number of benzene rings is 1. The van der Waals surface area contributed by atoms with Gasteiger partial charge in [0.2, 0.25) is 5.91 Å². The van der Waals surface area contributed by atoms with Crippen molar-refractivity contribution in [2.75, 3.05) is 11.9 Å². The lowest BCUT2D eigenvalue weighted by Gasteiger charge is -2.10. The van der Waals surface area contributed by atoms with Crippen LogP contribution in [0, 0.1) is 5.92 Å². The van der Waals surface area contributed by atoms with Gasteiger partial charge in [-0.2, -0.15) is 0 Å². The van der Waals surface area contributed by atoms with Crippen LogP contribution < -0.4 is 16.0 Å². The summed E-state index contributed by atoms with van der Waals surface area (Å²) in [7, 11) is 0. The summed E-state index contributed by atoms with van der Waals surface area (Å²) in [5.41, 5.74) is 1.89. The van der Waals surface area contributed by atoms with Gasteiger partial charge in [-0.05, 0) is 31.0 Å². The van der Waals surface area contributed by atoms with E-state index in [-0.39, 0.29) is 35.8 Å². The largest absolute Gasteiger partial charge is 0.357 e. The number of amides is 1. The molecule has 1 aromatic carbocycles. The third-order valence-corrected chi connectivity index (χ3v) is 5.01. The Hall–Kier alpha value is -1.68. The third kappa shape index (κ3) is 8.14. The number of nitrogens with zero attached hydrogens (tertiary/aromatic N) is 2. The number of hydrogen-bond acceptors (Lipinski definition) is 4. The molecule has 0 saturated carbocycles. The molecule has 1 amide bonds. The lowest BCUT2D eigenvalue weighted by Crippen LogP contribution is -2.36. The molecular weight excluding hydrogens is 485 g/mol. The Labute approximate surface area is 188 Å². The topological polar surface area (TPSA) is 78.4 Å². The molecule has 0 radical (unpaired) electrons. The van der Waals surface area contributed by atoms with Crippen LogP contribution in [0.3, 0.4) is 0 Å². The van der Waals surface area contributed by atoms with Crippen molar-refractivity contribution in [1.82, 2.24) is 15.6 Å². The Kier molecular flexibility index (Phi) is 11.1. The summed E-state index contributed by atoms with van der Waals surface area (Å²) in [4.78, 5) is 22.1. The van der Waals surface area contributed by atoms with Crippen LogP contribution in [0.5, 0.6) is 0 Å². The maximum absolute atomic E-state index is 11.7. The molecule has 0 saturated heterocycles. The van der Waals surface area contributed by atoms with Crippen LogP contribution in [-0.2, 0) is 24.3 Å². The van der Waals surface area contributed by atoms with E-state index in [0.29, 0.717) is 13.1 Å². The standard InChI is InChI=1S/C20H29N5OS.HI/c1-5-17-12-22-18(27-17)13-24-20(21-6-2)23-11-15-7-9-16(10-8-15)25-19(26)14(3)4;/h7-10,12,14H,5-6,11,13H2,1-4H3,(H,25,26)(H2,21,23,24);1H. The van der Waals surface area contributed by atoms with Gasteiger partial charge in [0.15, 0.2) is 5.96 Å². The zero-order valence-electron chi connectivity index (χ0n) is 16.9. The minimum Gasteiger partial charge on any atom is -0.357 e. The van der Waals surface area contributed by atoms with Crippen LogP contribution in [0.1, 0.15) is 43.1 Å². The summed E-state index contributed by atoms with van der Waals surface area (Å²) in [5, 5.41) is 10.5. The molecule has 6 nitrogen and oxygen atoms in total. The number of anilines is 1. The molecule has 0 aliphatic heterocycles. The van der Waals surface area contributed by atoms with Crippen molar-refractivity contribution >= 4 is 52.9 Å². The molecule has 3 N–H and O–H groups in total. The van der Waals surface area contributed by atoms with E-state index >= 15 is 0 Å². The van der Waals surface area contributed by atoms with Crippen LogP contribution in [0.15, 0.2) is 35.5 Å². The summed E-state index contributed by atoms with van der Waals surface area (Å²) in [6, 6.07) is 7.79. The average Bonchev–Trinajstić information content (AvgIpc) is 3.13. The van der Waals surface area contributed by atoms with E-state index in [9.17, 15) is 4.79 Å². The molecule has 0 atom stereocenters. The van der Waals surface area contributed by atoms with Gasteiger partial charge in [-0.1, -0.05) is 32.9 Å². The number of nitrogens with one attached hydrogen (secondary N) is 3. The van der Waals surface area contributed by atoms with Crippen molar-refractivity contribution in [2.45, 2.75) is 47.2 Å². The zero-order chi connectivity index (χ0) is 19.6. The molecule has 0 aliphatic carbocycles. The molecule has 0 aliphatic rings. The van der Waals surface area contributed by atoms with E-state index < -0.39 is 0 Å². The van der Waals surface area contributed by atoms with Gasteiger partial charge in [0, 0.05) is 29.2 Å². The van der Waals surface area contributed by atoms with Crippen molar-refractivity contribution < 1.29 is 4.79 Å². The van der Waals surface area contributed by atoms with Gasteiger partial charge in [-0.25, -0.2) is 9.98 Å². The summed E-state index contributed by atoms with van der Waals surface area (Å²) in [6.07, 6.45) is 2.95. The number of aromatic nitrogens is 1. The van der Waals surface area contributed by atoms with Crippen LogP contribution >= 0.6 is 35.3 Å². The first-order valence-corrected chi connectivity index (χ1v) is 10.2. The first-order chi connectivity index (χ1) is 13.0. The number of halogens is 1. The molecule has 0 spiro atoms. The van der Waals surface area contributed by atoms with E-state index in [4.69, 9.17) is 0 Å². The number of guanidine groups is 1. The highest BCUT2D eigenvalue weighted by Gasteiger charge is 2.07. The smallest absolute Gasteiger partial charge is 0.226 e. The summed E-state index contributed by atoms with van der Waals surface area (Å²) in [5.74, 6) is 0.755. The molecular formula is C20H30IN5OS. The monoisotopic (exact) mass is 515 g/mol. The number of carbonyl (C=O) groups excluding carboxylic acids is 1. The number of aryl methyl sites for hydroxylation is 1. The van der Waals surface area contributed by atoms with E-state index in [1.54, 1.807) is 11.3 Å². The number of hydrogen-bond donors (Lipinski definition) is 3. The molecule has 0 unspecified atom stereocenters. The van der Waals surface area contributed by atoms with Gasteiger partial charge in [0.25, 0.3) is 0 Å². The van der Waals surface area contributed by atoms with E-state index in [0.717, 1.165) is 35.2 Å². The minimum atomic E-state index is -0.0331. The fraction of sp³-hybridized carbons (Fsp3) is 0.450. The van der Waals surface area contributed by atoms with Crippen molar-refractivity contribution in [3.63, 3.8) is 0 Å². The quantitative estimate of drug-likeness (QED) is 0.280. The van der Waals surface area contributed by atoms with E-state index in [2.05, 4.69) is 32.9 Å². The number of carbonyl (C=O) groups is 1. The van der Waals surface area contributed by atoms with Crippen LogP contribution in [0.4, 0.5) is 5.69 Å². The van der Waals surface area contributed by atoms with Gasteiger partial charge < -0.3 is 16.0 Å². The predicted octanol–water partition coefficient (Wildman–Crippen LogP) is 4.17. The van der Waals surface area contributed by atoms with Crippen LogP contribution in [0.2, 0.25) is 0 Å². The maximum atomic E-state index is 11.7. The Morgan fingerprint density at radius 1 is 1.18 bits per heavy atom. The predicted molar refractivity (Wildman–Crippen MR) is 128 cm³/mol. The fourth-order valence-electron chi connectivity index (χ4n) is 2.24. The molecule has 2 rings (SSSR count). The second-order valence-corrected chi connectivity index (χ2v) is 7.66. The molecule has 8 heteroatoms. The van der Waals surface area contributed by atoms with Crippen molar-refractivity contribution in [3.8, 4) is 0 Å². The van der Waals surface area contributed by atoms with Crippen LogP contribution in [0.25, 0.3) is 0 Å². The first kappa shape index (κ1) is 24.4. The Morgan fingerprint density at radius 3 is 2.46 bits per heavy atom. The van der Waals surface area contributed by atoms with Gasteiger partial charge in [0.05, 0.1) is 13.1 Å². The highest BCUT2D eigenvalue weighted by Crippen LogP contribution is 2.13. The van der Waals surface area contributed by atoms with Gasteiger partial charge >= 0.3 is 0 Å². The molecule has 154 valence electrons. The average molecular weight is 515 g/mol. The maximum Gasteiger partial charge on any atom is 0.226 e. The minimum absolute atomic E-state index is 0. The number of thiazole rings is 1. The lowest BCUT2D eigenvalue weighted by molar-refractivity contribution is -0.118. The Balaban J connectivity index is 0.00000392. The molecule has 2 aromatic rings. The molecule has 1 aromatic heterocycles. The van der Waals surface area contributed by atoms with E-state index in [1.807, 2.05) is 51.2 Å². The molecule has 28 heavy (non-hydrogen) atoms. The highest BCUT2D eigenvalue weighted by molar-refractivity contribution is 14.0. The highest BCUT2D eigenvalue weighted by atomic mass is 127. The first-order valence-electron chi connectivity index (χ1n) is 9.37. The Morgan fingerprint density at radius 2 is 1.89 bits per heavy atom. The van der Waals surface area contributed by atoms with Gasteiger partial charge in [-0.15, -0.1) is 35.3 Å². The second-order valence-electron chi connectivity index (χ2n) is 6.46. The Bertz CT molecular complexity index is 758. The van der Waals surface area contributed by atoms with Gasteiger partial charge in [0.1, 0.15) is 5.01 Å². The zero-order valence-corrected chi connectivity index (χ0v) is 20.1. The summed E-state index contributed by atoms with van der Waals surface area (Å²) < 4.78 is 0. The second kappa shape index (κ2) is 12.7. The molecule has 0 fully saturated rings. The number of rotatable bonds is 8. The summed E-state index contributed by atoms with van der Waals surface area (Å²) >= 11 is 1.72. The number of aliphatic imine (C=N–C) groups is 1. The third-order valence-electron chi connectivity index (χ3n) is 3.87. The SMILES string of the molecule is CCNC(=NCc1ccc(NC(=O)C(C)C)cc1)NCc1ncc(CC)s1.I. The van der Waals surface area contributed by atoms with Crippen LogP contribution in [-0.4, -0.2) is 23.4 Å². The molecule has 1 heterocycles. The lowest BCUT2D eigenvalue weighted by atomic mass is 10.2. The normalized spacial score (nSPS) is 11.1. The van der Waals surface area contributed by atoms with Crippen molar-refractivity contribution in [3.05, 3.63) is 45.9 Å². The summed E-state index contributed by atoms with van der Waals surface area (Å²) in [6.45, 7) is 9.95. The van der Waals surface area contributed by atoms with E-state index in [1.165, 1.54) is 4.88 Å². The van der Waals surface area contributed by atoms with Gasteiger partial charge in [-0.3, -0.25) is 4.79 Å². The van der Waals surface area contributed by atoms with Crippen molar-refractivity contribution in [2.24, 2.45) is 10.9 Å². The molecule has 0 bridgehead atoms. The van der Waals surface area contributed by atoms with Crippen molar-refractivity contribution in [1.29, 1.82) is 0 Å².